The number of hydrogen-bond acceptors (Lipinski definition) is 3. The van der Waals surface area contributed by atoms with Gasteiger partial charge in [-0.15, -0.1) is 0 Å². The first-order valence-electron chi connectivity index (χ1n) is 4.37. The molecule has 0 atom stereocenters. The predicted octanol–water partition coefficient (Wildman–Crippen LogP) is 3.46. The van der Waals surface area contributed by atoms with Crippen molar-refractivity contribution >= 4 is 36.3 Å². The second-order valence-electron chi connectivity index (χ2n) is 2.94. The van der Waals surface area contributed by atoms with E-state index in [-0.39, 0.29) is 11.0 Å². The van der Waals surface area contributed by atoms with Gasteiger partial charge in [-0.3, -0.25) is 0 Å². The van der Waals surface area contributed by atoms with Crippen molar-refractivity contribution in [2.45, 2.75) is 0 Å². The minimum atomic E-state index is -3.67. The van der Waals surface area contributed by atoms with Crippen LogP contribution in [0, 0.1) is 0 Å². The van der Waals surface area contributed by atoms with Gasteiger partial charge < -0.3 is 14.6 Å². The van der Waals surface area contributed by atoms with Gasteiger partial charge in [0.15, 0.2) is 0 Å². The standard InChI is InChI=1S/C9H9Cl2N2O3P/c1-15-17(14,16-2)9(13-12)6-3-7(10)5-8(11)4-6/h3-5H,1-2H3. The highest BCUT2D eigenvalue weighted by Gasteiger charge is 2.39. The summed E-state index contributed by atoms with van der Waals surface area (Å²) in [5.41, 5.74) is 8.93. The summed E-state index contributed by atoms with van der Waals surface area (Å²) < 4.78 is 21.5. The molecule has 0 saturated heterocycles. The van der Waals surface area contributed by atoms with Crippen molar-refractivity contribution in [3.05, 3.63) is 39.3 Å². The Morgan fingerprint density at radius 3 is 2.06 bits per heavy atom. The van der Waals surface area contributed by atoms with Gasteiger partial charge in [-0.2, -0.15) is 4.79 Å². The monoisotopic (exact) mass is 294 g/mol. The van der Waals surface area contributed by atoms with Crippen molar-refractivity contribution in [3.8, 4) is 0 Å². The molecule has 92 valence electrons. The Morgan fingerprint density at radius 2 is 1.71 bits per heavy atom. The van der Waals surface area contributed by atoms with Gasteiger partial charge in [0.25, 0.3) is 0 Å². The van der Waals surface area contributed by atoms with E-state index < -0.39 is 7.60 Å². The van der Waals surface area contributed by atoms with Crippen LogP contribution in [0.2, 0.25) is 10.0 Å². The summed E-state index contributed by atoms with van der Waals surface area (Å²) in [6.45, 7) is 0. The zero-order valence-corrected chi connectivity index (χ0v) is 11.5. The molecule has 1 aromatic rings. The Balaban J connectivity index is 3.39. The number of hydrogen-bond donors (Lipinski definition) is 0. The summed E-state index contributed by atoms with van der Waals surface area (Å²) in [6.07, 6.45) is 0. The van der Waals surface area contributed by atoms with Crippen LogP contribution in [0.1, 0.15) is 5.56 Å². The molecule has 0 fully saturated rings. The molecule has 0 heterocycles. The van der Waals surface area contributed by atoms with Crippen LogP contribution in [-0.4, -0.2) is 24.5 Å². The average Bonchev–Trinajstić information content (AvgIpc) is 2.28. The van der Waals surface area contributed by atoms with Gasteiger partial charge in [0, 0.05) is 24.3 Å². The fourth-order valence-corrected chi connectivity index (χ4v) is 2.78. The van der Waals surface area contributed by atoms with E-state index in [0.29, 0.717) is 10.0 Å². The minimum absolute atomic E-state index is 0.257. The van der Waals surface area contributed by atoms with E-state index in [9.17, 15) is 4.57 Å². The second kappa shape index (κ2) is 5.78. The van der Waals surface area contributed by atoms with E-state index in [4.69, 9.17) is 37.8 Å². The quantitative estimate of drug-likeness (QED) is 0.369. The van der Waals surface area contributed by atoms with Gasteiger partial charge in [-0.25, -0.2) is 4.57 Å². The van der Waals surface area contributed by atoms with Gasteiger partial charge in [-0.1, -0.05) is 23.2 Å². The lowest BCUT2D eigenvalue weighted by molar-refractivity contribution is -0.00212. The van der Waals surface area contributed by atoms with Crippen LogP contribution in [0.25, 0.3) is 5.53 Å². The summed E-state index contributed by atoms with van der Waals surface area (Å²) in [4.78, 5) is 2.94. The lowest BCUT2D eigenvalue weighted by atomic mass is 10.2. The van der Waals surface area contributed by atoms with Crippen molar-refractivity contribution in [2.75, 3.05) is 14.2 Å². The molecule has 0 saturated carbocycles. The zero-order chi connectivity index (χ0) is 13.1. The Morgan fingerprint density at radius 1 is 1.24 bits per heavy atom. The van der Waals surface area contributed by atoms with E-state index in [1.165, 1.54) is 32.4 Å². The maximum absolute atomic E-state index is 12.1. The van der Waals surface area contributed by atoms with E-state index in [1.54, 1.807) is 0 Å². The Hall–Kier alpha value is -0.670. The van der Waals surface area contributed by atoms with Gasteiger partial charge in [0.1, 0.15) is 0 Å². The predicted molar refractivity (Wildman–Crippen MR) is 65.8 cm³/mol. The number of benzene rings is 1. The molecular weight excluding hydrogens is 286 g/mol. The van der Waals surface area contributed by atoms with Gasteiger partial charge in [0.05, 0.1) is 5.56 Å². The SMILES string of the molecule is COP(=O)(OC)C(=[N+]=[N-])c1cc(Cl)cc(Cl)c1. The molecular formula is C9H9Cl2N2O3P. The summed E-state index contributed by atoms with van der Waals surface area (Å²) in [7, 11) is -1.31. The van der Waals surface area contributed by atoms with Gasteiger partial charge in [0.2, 0.25) is 0 Å². The summed E-state index contributed by atoms with van der Waals surface area (Å²) in [5, 5.41) is 0.625. The zero-order valence-electron chi connectivity index (χ0n) is 9.05. The topological polar surface area (TPSA) is 71.9 Å². The molecule has 0 aliphatic carbocycles. The van der Waals surface area contributed by atoms with Crippen molar-refractivity contribution in [3.63, 3.8) is 0 Å². The summed E-state index contributed by atoms with van der Waals surface area (Å²) in [5.74, 6) is 0. The lowest BCUT2D eigenvalue weighted by Crippen LogP contribution is -2.07. The summed E-state index contributed by atoms with van der Waals surface area (Å²) >= 11 is 11.6. The van der Waals surface area contributed by atoms with Crippen molar-refractivity contribution in [1.82, 2.24) is 0 Å². The first kappa shape index (κ1) is 14.4. The molecule has 8 heteroatoms. The minimum Gasteiger partial charge on any atom is -0.360 e. The molecule has 0 aliphatic rings. The maximum atomic E-state index is 12.1. The fraction of sp³-hybridized carbons (Fsp3) is 0.222. The third kappa shape index (κ3) is 3.17. The molecule has 0 N–H and O–H groups in total. The molecule has 0 radical (unpaired) electrons. The maximum Gasteiger partial charge on any atom is 0.442 e. The highest BCUT2D eigenvalue weighted by atomic mass is 35.5. The third-order valence-electron chi connectivity index (χ3n) is 1.96. The lowest BCUT2D eigenvalue weighted by Gasteiger charge is -2.09. The van der Waals surface area contributed by atoms with E-state index in [0.717, 1.165) is 0 Å². The van der Waals surface area contributed by atoms with Crippen LogP contribution in [0.5, 0.6) is 0 Å². The van der Waals surface area contributed by atoms with E-state index >= 15 is 0 Å². The molecule has 5 nitrogen and oxygen atoms in total. The summed E-state index contributed by atoms with van der Waals surface area (Å²) in [6, 6.07) is 4.37. The normalized spacial score (nSPS) is 11.1. The molecule has 0 unspecified atom stereocenters. The van der Waals surface area contributed by atoms with Crippen molar-refractivity contribution < 1.29 is 18.4 Å². The highest BCUT2D eigenvalue weighted by Crippen LogP contribution is 2.49. The van der Waals surface area contributed by atoms with Crippen molar-refractivity contribution in [2.24, 2.45) is 0 Å². The Kier molecular flexibility index (Phi) is 4.90. The fourth-order valence-electron chi connectivity index (χ4n) is 1.20. The first-order valence-corrected chi connectivity index (χ1v) is 6.67. The van der Waals surface area contributed by atoms with Crippen LogP contribution < -0.4 is 0 Å². The number of rotatable bonds is 4. The van der Waals surface area contributed by atoms with Crippen LogP contribution in [0.15, 0.2) is 18.2 Å². The van der Waals surface area contributed by atoms with Crippen LogP contribution in [0.3, 0.4) is 0 Å². The van der Waals surface area contributed by atoms with Crippen LogP contribution in [0.4, 0.5) is 0 Å². The molecule has 1 aromatic carbocycles. The average molecular weight is 295 g/mol. The van der Waals surface area contributed by atoms with Gasteiger partial charge >= 0.3 is 13.0 Å². The first-order chi connectivity index (χ1) is 7.96. The van der Waals surface area contributed by atoms with Crippen LogP contribution in [-0.2, 0) is 13.6 Å². The Bertz CT molecular complexity index is 501. The molecule has 17 heavy (non-hydrogen) atoms. The van der Waals surface area contributed by atoms with Crippen LogP contribution >= 0.6 is 30.8 Å². The molecule has 0 aromatic heterocycles. The van der Waals surface area contributed by atoms with E-state index in [1.807, 2.05) is 0 Å². The second-order valence-corrected chi connectivity index (χ2v) is 5.97. The molecule has 0 spiro atoms. The third-order valence-corrected chi connectivity index (χ3v) is 4.22. The molecule has 1 rings (SSSR count). The van der Waals surface area contributed by atoms with Crippen molar-refractivity contribution in [1.29, 1.82) is 0 Å². The Labute approximate surface area is 108 Å². The van der Waals surface area contributed by atoms with E-state index in [2.05, 4.69) is 4.79 Å². The highest BCUT2D eigenvalue weighted by molar-refractivity contribution is 7.72. The number of halogens is 2. The number of nitrogens with zero attached hydrogens (tertiary/aromatic N) is 2. The molecule has 0 amide bonds. The van der Waals surface area contributed by atoms with Gasteiger partial charge in [-0.05, 0) is 18.2 Å². The largest absolute Gasteiger partial charge is 0.442 e. The smallest absolute Gasteiger partial charge is 0.360 e. The molecule has 0 bridgehead atoms. The molecule has 0 aliphatic heterocycles.